The highest BCUT2D eigenvalue weighted by atomic mass is 16.7. The fourth-order valence-corrected chi connectivity index (χ4v) is 6.62. The number of aliphatic hydroxyl groups excluding tert-OH is 1. The van der Waals surface area contributed by atoms with Crippen LogP contribution in [0.3, 0.4) is 0 Å². The Morgan fingerprint density at radius 3 is 2.39 bits per heavy atom. The van der Waals surface area contributed by atoms with E-state index in [1.54, 1.807) is 4.90 Å². The van der Waals surface area contributed by atoms with Crippen LogP contribution >= 0.6 is 0 Å². The Hall–Kier alpha value is -3.76. The molecule has 0 unspecified atom stereocenters. The second kappa shape index (κ2) is 13.5. The third-order valence-corrected chi connectivity index (χ3v) is 9.24. The molecule has 2 aromatic carbocycles. The Bertz CT molecular complexity index is 1350. The average Bonchev–Trinajstić information content (AvgIpc) is 3.25. The topological polar surface area (TPSA) is 119 Å². The third-order valence-electron chi connectivity index (χ3n) is 9.24. The summed E-state index contributed by atoms with van der Waals surface area (Å²) < 4.78 is 0. The van der Waals surface area contributed by atoms with Gasteiger partial charge in [-0.25, -0.2) is 4.79 Å². The van der Waals surface area contributed by atoms with Gasteiger partial charge in [0.1, 0.15) is 6.04 Å². The fraction of sp³-hybridized carbons (Fsp3) is 0.529. The van der Waals surface area contributed by atoms with Gasteiger partial charge in [0, 0.05) is 31.4 Å². The smallest absolute Gasteiger partial charge is 0.360 e. The van der Waals surface area contributed by atoms with Crippen molar-refractivity contribution in [3.8, 4) is 0 Å². The number of para-hydroxylation sites is 1. The van der Waals surface area contributed by atoms with Crippen LogP contribution < -0.4 is 10.2 Å². The first-order chi connectivity index (χ1) is 21.1. The van der Waals surface area contributed by atoms with E-state index in [9.17, 15) is 24.3 Å². The minimum Gasteiger partial charge on any atom is -0.382 e. The van der Waals surface area contributed by atoms with Crippen molar-refractivity contribution >= 4 is 29.4 Å². The van der Waals surface area contributed by atoms with Crippen LogP contribution in [-0.2, 0) is 35.9 Å². The molecule has 10 heteroatoms. The van der Waals surface area contributed by atoms with Gasteiger partial charge in [-0.1, -0.05) is 48.5 Å². The highest BCUT2D eigenvalue weighted by molar-refractivity contribution is 6.08. The first-order valence-electron chi connectivity index (χ1n) is 15.8. The van der Waals surface area contributed by atoms with Gasteiger partial charge in [0.25, 0.3) is 5.91 Å². The molecule has 0 spiro atoms. The standard InChI is InChI=1S/C34H44N4O6/c1-23(39)32(42)44-38(30(40)25-12-9-19-35-22-25)29(16-15-24-10-5-4-6-11-24)31(41)36-20-17-26(18-21-36)37-28-14-8-7-13-27(28)34(2,3)33(37)43/h4-8,10-11,13-14,23,25-26,29,35,39H,9,12,15-22H2,1-3H3/t23-,25+,29-/m0/s1. The van der Waals surface area contributed by atoms with Crippen LogP contribution in [0.15, 0.2) is 54.6 Å². The molecule has 44 heavy (non-hydrogen) atoms. The largest absolute Gasteiger partial charge is 0.382 e. The van der Waals surface area contributed by atoms with E-state index in [0.29, 0.717) is 45.3 Å². The van der Waals surface area contributed by atoms with Crippen molar-refractivity contribution in [1.82, 2.24) is 15.3 Å². The molecule has 2 saturated heterocycles. The SMILES string of the molecule is C[C@H](O)C(=O)ON(C(=O)[C@@H]1CCCNC1)[C@@H](CCc1ccccc1)C(=O)N1CCC(N2C(=O)C(C)(C)c3ccccc32)CC1. The van der Waals surface area contributed by atoms with Gasteiger partial charge in [0.2, 0.25) is 11.8 Å². The van der Waals surface area contributed by atoms with E-state index in [-0.39, 0.29) is 24.3 Å². The number of anilines is 1. The van der Waals surface area contributed by atoms with E-state index in [0.717, 1.165) is 34.8 Å². The number of benzene rings is 2. The number of aliphatic hydroxyl groups is 1. The number of rotatable bonds is 8. The van der Waals surface area contributed by atoms with Crippen molar-refractivity contribution in [3.63, 3.8) is 0 Å². The molecule has 5 rings (SSSR count). The number of nitrogens with zero attached hydrogens (tertiary/aromatic N) is 3. The van der Waals surface area contributed by atoms with Crippen LogP contribution in [0.4, 0.5) is 5.69 Å². The van der Waals surface area contributed by atoms with Crippen molar-refractivity contribution in [1.29, 1.82) is 0 Å². The Labute approximate surface area is 259 Å². The Morgan fingerprint density at radius 2 is 1.73 bits per heavy atom. The maximum atomic E-state index is 14.3. The molecule has 0 radical (unpaired) electrons. The number of piperidine rings is 2. The Kier molecular flexibility index (Phi) is 9.70. The predicted molar refractivity (Wildman–Crippen MR) is 165 cm³/mol. The van der Waals surface area contributed by atoms with Crippen LogP contribution in [-0.4, -0.2) is 83.1 Å². The van der Waals surface area contributed by atoms with Gasteiger partial charge < -0.3 is 25.1 Å². The number of likely N-dealkylation sites (tertiary alicyclic amines) is 1. The van der Waals surface area contributed by atoms with Crippen LogP contribution in [0.5, 0.6) is 0 Å². The van der Waals surface area contributed by atoms with Crippen LogP contribution in [0.2, 0.25) is 0 Å². The molecule has 236 valence electrons. The summed E-state index contributed by atoms with van der Waals surface area (Å²) in [7, 11) is 0. The van der Waals surface area contributed by atoms with Crippen LogP contribution in [0.1, 0.15) is 64.0 Å². The summed E-state index contributed by atoms with van der Waals surface area (Å²) in [4.78, 5) is 63.5. The molecule has 3 atom stereocenters. The molecular weight excluding hydrogens is 560 g/mol. The molecule has 2 fully saturated rings. The zero-order valence-electron chi connectivity index (χ0n) is 25.9. The molecule has 10 nitrogen and oxygen atoms in total. The number of carbonyl (C=O) groups is 4. The molecule has 3 amide bonds. The van der Waals surface area contributed by atoms with Crippen molar-refractivity contribution in [2.75, 3.05) is 31.1 Å². The minimum atomic E-state index is -1.46. The second-order valence-corrected chi connectivity index (χ2v) is 12.7. The number of hydroxylamine groups is 2. The van der Waals surface area contributed by atoms with E-state index in [4.69, 9.17) is 4.84 Å². The fourth-order valence-electron chi connectivity index (χ4n) is 6.62. The lowest BCUT2D eigenvalue weighted by Gasteiger charge is -2.40. The lowest BCUT2D eigenvalue weighted by molar-refractivity contribution is -0.218. The van der Waals surface area contributed by atoms with E-state index in [1.807, 2.05) is 73.3 Å². The van der Waals surface area contributed by atoms with Crippen LogP contribution in [0, 0.1) is 5.92 Å². The minimum absolute atomic E-state index is 0.0589. The van der Waals surface area contributed by atoms with E-state index < -0.39 is 35.4 Å². The summed E-state index contributed by atoms with van der Waals surface area (Å²) in [6, 6.07) is 16.4. The molecule has 3 aliphatic rings. The maximum Gasteiger partial charge on any atom is 0.360 e. The van der Waals surface area contributed by atoms with Crippen LogP contribution in [0.25, 0.3) is 0 Å². The molecule has 3 heterocycles. The van der Waals surface area contributed by atoms with Gasteiger partial charge >= 0.3 is 5.97 Å². The number of hydrogen-bond acceptors (Lipinski definition) is 7. The quantitative estimate of drug-likeness (QED) is 0.445. The van der Waals surface area contributed by atoms with Gasteiger partial charge in [0.05, 0.1) is 11.3 Å². The average molecular weight is 605 g/mol. The number of amides is 3. The molecule has 0 aromatic heterocycles. The van der Waals surface area contributed by atoms with Crippen molar-refractivity contribution in [3.05, 3.63) is 65.7 Å². The molecule has 0 bridgehead atoms. The first-order valence-corrected chi connectivity index (χ1v) is 15.8. The summed E-state index contributed by atoms with van der Waals surface area (Å²) in [6.45, 7) is 7.19. The van der Waals surface area contributed by atoms with Gasteiger partial charge in [-0.15, -0.1) is 0 Å². The van der Waals surface area contributed by atoms with E-state index in [2.05, 4.69) is 5.32 Å². The zero-order chi connectivity index (χ0) is 31.4. The highest BCUT2D eigenvalue weighted by Gasteiger charge is 2.47. The molecule has 0 saturated carbocycles. The number of nitrogens with one attached hydrogen (secondary N) is 1. The number of fused-ring (bicyclic) bond motifs is 1. The summed E-state index contributed by atoms with van der Waals surface area (Å²) in [5.41, 5.74) is 2.31. The second-order valence-electron chi connectivity index (χ2n) is 12.7. The number of carbonyl (C=O) groups excluding carboxylic acids is 4. The zero-order valence-corrected chi connectivity index (χ0v) is 25.9. The van der Waals surface area contributed by atoms with E-state index in [1.165, 1.54) is 6.92 Å². The molecular formula is C34H44N4O6. The first kappa shape index (κ1) is 31.7. The van der Waals surface area contributed by atoms with Crippen molar-refractivity contribution < 1.29 is 29.1 Å². The Balaban J connectivity index is 1.37. The monoisotopic (exact) mass is 604 g/mol. The Morgan fingerprint density at radius 1 is 1.05 bits per heavy atom. The third kappa shape index (κ3) is 6.51. The summed E-state index contributed by atoms with van der Waals surface area (Å²) in [5.74, 6) is -2.11. The van der Waals surface area contributed by atoms with Crippen molar-refractivity contribution in [2.24, 2.45) is 5.92 Å². The van der Waals surface area contributed by atoms with Gasteiger partial charge in [-0.05, 0) is 83.0 Å². The predicted octanol–water partition coefficient (Wildman–Crippen LogP) is 2.97. The van der Waals surface area contributed by atoms with E-state index >= 15 is 0 Å². The number of hydrogen-bond donors (Lipinski definition) is 2. The highest BCUT2D eigenvalue weighted by Crippen LogP contribution is 2.43. The van der Waals surface area contributed by atoms with Crippen molar-refractivity contribution in [2.45, 2.75) is 82.9 Å². The van der Waals surface area contributed by atoms with Gasteiger partial charge in [-0.3, -0.25) is 14.4 Å². The van der Waals surface area contributed by atoms with Gasteiger partial charge in [-0.2, -0.15) is 5.06 Å². The lowest BCUT2D eigenvalue weighted by Crippen LogP contribution is -2.57. The molecule has 3 aliphatic heterocycles. The maximum absolute atomic E-state index is 14.3. The molecule has 2 aromatic rings. The normalized spacial score (nSPS) is 21.4. The summed E-state index contributed by atoms with van der Waals surface area (Å²) in [5, 5.41) is 14.1. The van der Waals surface area contributed by atoms with Gasteiger partial charge in [0.15, 0.2) is 6.10 Å². The summed E-state index contributed by atoms with van der Waals surface area (Å²) in [6.07, 6.45) is 1.85. The lowest BCUT2D eigenvalue weighted by atomic mass is 9.86. The summed E-state index contributed by atoms with van der Waals surface area (Å²) >= 11 is 0. The molecule has 0 aliphatic carbocycles. The number of aryl methyl sites for hydroxylation is 1. The molecule has 2 N–H and O–H groups in total.